The summed E-state index contributed by atoms with van der Waals surface area (Å²) in [5.74, 6) is 0.160. The number of rotatable bonds is 5. The van der Waals surface area contributed by atoms with Crippen LogP contribution in [0.4, 0.5) is 0 Å². The minimum absolute atomic E-state index is 0.160. The highest BCUT2D eigenvalue weighted by Crippen LogP contribution is 2.43. The van der Waals surface area contributed by atoms with E-state index in [1.807, 2.05) is 24.3 Å². The predicted molar refractivity (Wildman–Crippen MR) is 125 cm³/mol. The Morgan fingerprint density at radius 3 is 1.78 bits per heavy atom. The summed E-state index contributed by atoms with van der Waals surface area (Å²) in [6.07, 6.45) is 3.83. The van der Waals surface area contributed by atoms with Crippen LogP contribution in [0.25, 0.3) is 6.08 Å². The van der Waals surface area contributed by atoms with Crippen LogP contribution in [0.15, 0.2) is 113 Å². The van der Waals surface area contributed by atoms with Crippen molar-refractivity contribution in [2.45, 2.75) is 12.0 Å². The molecule has 3 aromatic carbocycles. The van der Waals surface area contributed by atoms with Gasteiger partial charge in [0.25, 0.3) is 0 Å². The maximum atomic E-state index is 12.8. The van der Waals surface area contributed by atoms with Crippen molar-refractivity contribution in [1.29, 1.82) is 0 Å². The number of aromatic nitrogens is 1. The molecule has 0 atom stereocenters. The lowest BCUT2D eigenvalue weighted by atomic mass is 9.74. The Morgan fingerprint density at radius 1 is 0.781 bits per heavy atom. The molecule has 2 heterocycles. The molecule has 0 bridgehead atoms. The van der Waals surface area contributed by atoms with Crippen LogP contribution in [0, 0.1) is 0 Å². The summed E-state index contributed by atoms with van der Waals surface area (Å²) in [5, 5.41) is 3.98. The molecule has 0 amide bonds. The molecular formula is C28H24N2O2. The number of carbonyl (C=O) groups is 1. The zero-order chi connectivity index (χ0) is 21.8. The number of ketones is 1. The van der Waals surface area contributed by atoms with Gasteiger partial charge in [-0.3, -0.25) is 9.69 Å². The van der Waals surface area contributed by atoms with Crippen LogP contribution in [-0.4, -0.2) is 28.9 Å². The summed E-state index contributed by atoms with van der Waals surface area (Å²) >= 11 is 0. The van der Waals surface area contributed by atoms with Gasteiger partial charge in [-0.15, -0.1) is 0 Å². The van der Waals surface area contributed by atoms with E-state index in [-0.39, 0.29) is 5.78 Å². The summed E-state index contributed by atoms with van der Waals surface area (Å²) in [7, 11) is 0. The SMILES string of the molecule is O=C1CCN(C(c2ccccc2)(c2ccccc2)c2ccccc2)C/C1=C\c1ccon1. The number of hydrogen-bond donors (Lipinski definition) is 0. The maximum Gasteiger partial charge on any atom is 0.161 e. The number of hydrogen-bond acceptors (Lipinski definition) is 4. The lowest BCUT2D eigenvalue weighted by molar-refractivity contribution is -0.117. The molecule has 4 nitrogen and oxygen atoms in total. The Bertz CT molecular complexity index is 1100. The van der Waals surface area contributed by atoms with Crippen LogP contribution >= 0.6 is 0 Å². The molecule has 0 aliphatic carbocycles. The third-order valence-electron chi connectivity index (χ3n) is 6.16. The molecule has 1 aromatic heterocycles. The molecule has 1 aliphatic rings. The van der Waals surface area contributed by atoms with E-state index in [0.717, 1.165) is 5.57 Å². The molecule has 158 valence electrons. The molecule has 0 spiro atoms. The van der Waals surface area contributed by atoms with Crippen molar-refractivity contribution in [3.8, 4) is 0 Å². The van der Waals surface area contributed by atoms with Crippen molar-refractivity contribution >= 4 is 11.9 Å². The minimum atomic E-state index is -0.534. The van der Waals surface area contributed by atoms with Crippen molar-refractivity contribution in [1.82, 2.24) is 10.1 Å². The zero-order valence-electron chi connectivity index (χ0n) is 17.7. The second-order valence-electron chi connectivity index (χ2n) is 8.00. The van der Waals surface area contributed by atoms with Gasteiger partial charge < -0.3 is 4.52 Å². The van der Waals surface area contributed by atoms with E-state index in [0.29, 0.717) is 25.2 Å². The first kappa shape index (κ1) is 20.2. The van der Waals surface area contributed by atoms with E-state index in [2.05, 4.69) is 82.9 Å². The van der Waals surface area contributed by atoms with Crippen molar-refractivity contribution in [2.75, 3.05) is 13.1 Å². The van der Waals surface area contributed by atoms with Crippen LogP contribution < -0.4 is 0 Å². The molecular weight excluding hydrogens is 396 g/mol. The standard InChI is InChI=1S/C28H24N2O2/c31-27-16-18-30(21-22(27)20-26-17-19-32-29-26)28(23-10-4-1-5-11-23,24-12-6-2-7-13-24)25-14-8-3-9-15-25/h1-15,17,19-20H,16,18,21H2/b22-20+. The van der Waals surface area contributed by atoms with Crippen LogP contribution in [0.3, 0.4) is 0 Å². The summed E-state index contributed by atoms with van der Waals surface area (Å²) in [5.41, 5.74) is 4.40. The summed E-state index contributed by atoms with van der Waals surface area (Å²) in [6, 6.07) is 33.5. The van der Waals surface area contributed by atoms with Gasteiger partial charge in [0.2, 0.25) is 0 Å². The van der Waals surface area contributed by atoms with Gasteiger partial charge in [-0.05, 0) is 22.8 Å². The van der Waals surface area contributed by atoms with Crippen LogP contribution in [0.1, 0.15) is 28.8 Å². The number of nitrogens with zero attached hydrogens (tertiary/aromatic N) is 2. The van der Waals surface area contributed by atoms with E-state index in [1.165, 1.54) is 23.0 Å². The van der Waals surface area contributed by atoms with Crippen LogP contribution in [-0.2, 0) is 10.3 Å². The molecule has 4 heteroatoms. The van der Waals surface area contributed by atoms with Gasteiger partial charge in [-0.1, -0.05) is 96.2 Å². The monoisotopic (exact) mass is 420 g/mol. The first-order valence-corrected chi connectivity index (χ1v) is 10.8. The van der Waals surface area contributed by atoms with E-state index >= 15 is 0 Å². The molecule has 0 radical (unpaired) electrons. The van der Waals surface area contributed by atoms with Gasteiger partial charge in [-0.25, -0.2) is 0 Å². The molecule has 0 unspecified atom stereocenters. The number of Topliss-reactive ketones (excluding diaryl/α,β-unsaturated/α-hetero) is 1. The highest BCUT2D eigenvalue weighted by Gasteiger charge is 2.44. The number of carbonyl (C=O) groups excluding carboxylic acids is 1. The molecule has 1 saturated heterocycles. The third kappa shape index (κ3) is 3.59. The van der Waals surface area contributed by atoms with Crippen molar-refractivity contribution < 1.29 is 9.32 Å². The molecule has 0 N–H and O–H groups in total. The molecule has 4 aromatic rings. The highest BCUT2D eigenvalue weighted by atomic mass is 16.5. The Labute approximate surface area is 187 Å². The Balaban J connectivity index is 1.72. The van der Waals surface area contributed by atoms with E-state index in [9.17, 15) is 4.79 Å². The number of benzene rings is 3. The fourth-order valence-corrected chi connectivity index (χ4v) is 4.74. The normalized spacial score (nSPS) is 16.4. The smallest absolute Gasteiger partial charge is 0.161 e. The minimum Gasteiger partial charge on any atom is -0.364 e. The van der Waals surface area contributed by atoms with E-state index in [1.54, 1.807) is 6.07 Å². The van der Waals surface area contributed by atoms with Crippen LogP contribution in [0.2, 0.25) is 0 Å². The Morgan fingerprint density at radius 2 is 1.31 bits per heavy atom. The molecule has 1 fully saturated rings. The van der Waals surface area contributed by atoms with Crippen molar-refractivity contribution in [3.05, 3.63) is 131 Å². The van der Waals surface area contributed by atoms with E-state index in [4.69, 9.17) is 4.52 Å². The van der Waals surface area contributed by atoms with Gasteiger partial charge in [-0.2, -0.15) is 0 Å². The molecule has 32 heavy (non-hydrogen) atoms. The average molecular weight is 421 g/mol. The lowest BCUT2D eigenvalue weighted by Gasteiger charge is -2.47. The van der Waals surface area contributed by atoms with Gasteiger partial charge >= 0.3 is 0 Å². The largest absolute Gasteiger partial charge is 0.364 e. The van der Waals surface area contributed by atoms with Gasteiger partial charge in [0.1, 0.15) is 12.0 Å². The highest BCUT2D eigenvalue weighted by molar-refractivity contribution is 6.00. The predicted octanol–water partition coefficient (Wildman–Crippen LogP) is 5.32. The van der Waals surface area contributed by atoms with Gasteiger partial charge in [0.05, 0.1) is 5.54 Å². The summed E-state index contributed by atoms with van der Waals surface area (Å²) in [4.78, 5) is 15.3. The average Bonchev–Trinajstić information content (AvgIpc) is 3.37. The molecule has 0 saturated carbocycles. The Hall–Kier alpha value is -3.76. The maximum absolute atomic E-state index is 12.8. The summed E-state index contributed by atoms with van der Waals surface area (Å²) in [6.45, 7) is 1.18. The zero-order valence-corrected chi connectivity index (χ0v) is 17.7. The first-order valence-electron chi connectivity index (χ1n) is 10.8. The third-order valence-corrected chi connectivity index (χ3v) is 6.16. The molecule has 1 aliphatic heterocycles. The van der Waals surface area contributed by atoms with Crippen molar-refractivity contribution in [3.63, 3.8) is 0 Å². The topological polar surface area (TPSA) is 46.3 Å². The fraction of sp³-hybridized carbons (Fsp3) is 0.143. The van der Waals surface area contributed by atoms with E-state index < -0.39 is 5.54 Å². The quantitative estimate of drug-likeness (QED) is 0.324. The van der Waals surface area contributed by atoms with Gasteiger partial charge in [0, 0.05) is 31.1 Å². The van der Waals surface area contributed by atoms with Gasteiger partial charge in [0.15, 0.2) is 5.78 Å². The lowest BCUT2D eigenvalue weighted by Crippen LogP contribution is -2.52. The number of piperidine rings is 1. The molecule has 5 rings (SSSR count). The van der Waals surface area contributed by atoms with Crippen molar-refractivity contribution in [2.24, 2.45) is 0 Å². The Kier molecular flexibility index (Phi) is 5.53. The second kappa shape index (κ2) is 8.77. The number of likely N-dealkylation sites (tertiary alicyclic amines) is 1. The fourth-order valence-electron chi connectivity index (χ4n) is 4.74. The first-order chi connectivity index (χ1) is 15.8. The van der Waals surface area contributed by atoms with Crippen LogP contribution in [0.5, 0.6) is 0 Å². The summed E-state index contributed by atoms with van der Waals surface area (Å²) < 4.78 is 4.97. The second-order valence-corrected chi connectivity index (χ2v) is 8.00.